The first-order chi connectivity index (χ1) is 14.5. The van der Waals surface area contributed by atoms with Gasteiger partial charge in [-0.15, -0.1) is 5.10 Å². The molecule has 1 aliphatic heterocycles. The second-order valence-electron chi connectivity index (χ2n) is 7.37. The zero-order chi connectivity index (χ0) is 21.1. The zero-order valence-corrected chi connectivity index (χ0v) is 17.2. The maximum absolute atomic E-state index is 14.5. The van der Waals surface area contributed by atoms with Crippen LogP contribution < -0.4 is 15.0 Å². The second-order valence-corrected chi connectivity index (χ2v) is 7.37. The van der Waals surface area contributed by atoms with Crippen LogP contribution in [0.5, 0.6) is 5.75 Å². The molecule has 0 aliphatic carbocycles. The number of rotatable bonds is 5. The van der Waals surface area contributed by atoms with Gasteiger partial charge in [0.05, 0.1) is 37.4 Å². The molecule has 0 bridgehead atoms. The van der Waals surface area contributed by atoms with Gasteiger partial charge in [-0.3, -0.25) is 0 Å². The molecule has 0 radical (unpaired) electrons. The van der Waals surface area contributed by atoms with Crippen molar-refractivity contribution in [2.24, 2.45) is 0 Å². The van der Waals surface area contributed by atoms with E-state index < -0.39 is 5.82 Å². The lowest BCUT2D eigenvalue weighted by Gasteiger charge is -2.36. The number of halogens is 1. The summed E-state index contributed by atoms with van der Waals surface area (Å²) in [6, 6.07) is 11.1. The Morgan fingerprint density at radius 1 is 1.07 bits per heavy atom. The Hall–Kier alpha value is -3.26. The Kier molecular flexibility index (Phi) is 5.76. The van der Waals surface area contributed by atoms with Gasteiger partial charge in [0.25, 0.3) is 0 Å². The van der Waals surface area contributed by atoms with Crippen LogP contribution in [0.25, 0.3) is 11.1 Å². The van der Waals surface area contributed by atoms with Crippen LogP contribution in [0.3, 0.4) is 0 Å². The van der Waals surface area contributed by atoms with Crippen molar-refractivity contribution in [2.45, 2.75) is 26.1 Å². The average molecular weight is 409 g/mol. The van der Waals surface area contributed by atoms with Crippen molar-refractivity contribution < 1.29 is 13.9 Å². The molecule has 1 fully saturated rings. The molecule has 2 aromatic heterocycles. The highest BCUT2D eigenvalue weighted by Crippen LogP contribution is 2.27. The highest BCUT2D eigenvalue weighted by molar-refractivity contribution is 5.69. The molecular formula is C22H24FN5O2. The molecule has 4 rings (SSSR count). The van der Waals surface area contributed by atoms with Gasteiger partial charge < -0.3 is 19.7 Å². The lowest BCUT2D eigenvalue weighted by atomic mass is 10.1. The third kappa shape index (κ3) is 4.49. The molecule has 1 aliphatic rings. The predicted molar refractivity (Wildman–Crippen MR) is 114 cm³/mol. The maximum Gasteiger partial charge on any atom is 0.165 e. The van der Waals surface area contributed by atoms with Crippen molar-refractivity contribution in [1.82, 2.24) is 15.2 Å². The summed E-state index contributed by atoms with van der Waals surface area (Å²) in [6.45, 7) is 5.45. The summed E-state index contributed by atoms with van der Waals surface area (Å²) in [6.07, 6.45) is 3.06. The molecule has 156 valence electrons. The van der Waals surface area contributed by atoms with E-state index in [2.05, 4.69) is 25.4 Å². The predicted octanol–water partition coefficient (Wildman–Crippen LogP) is 4.04. The summed E-state index contributed by atoms with van der Waals surface area (Å²) in [4.78, 5) is 6.36. The molecule has 8 heteroatoms. The number of hydrogen-bond donors (Lipinski definition) is 1. The first kappa shape index (κ1) is 20.0. The van der Waals surface area contributed by atoms with Gasteiger partial charge in [0, 0.05) is 24.7 Å². The lowest BCUT2D eigenvalue weighted by Crippen LogP contribution is -2.45. The number of anilines is 3. The van der Waals surface area contributed by atoms with Gasteiger partial charge in [0.2, 0.25) is 0 Å². The SMILES string of the molecule is COc1ccc(-c2cnnc(Nc3cc(N4C[C@@H](C)O[C@@H](C)C4)ncc3F)c2)cc1. The van der Waals surface area contributed by atoms with Crippen molar-refractivity contribution >= 4 is 17.3 Å². The number of pyridine rings is 1. The van der Waals surface area contributed by atoms with E-state index in [0.29, 0.717) is 30.4 Å². The zero-order valence-electron chi connectivity index (χ0n) is 17.2. The molecule has 0 spiro atoms. The van der Waals surface area contributed by atoms with E-state index in [9.17, 15) is 4.39 Å². The molecule has 0 saturated carbocycles. The highest BCUT2D eigenvalue weighted by Gasteiger charge is 2.24. The standard InChI is InChI=1S/C22H24FN5O2/c1-14-12-28(13-15(2)30-14)22-9-20(19(23)11-24-22)26-21-8-17(10-25-27-21)16-4-6-18(29-3)7-5-16/h4-11,14-15H,12-13H2,1-3H3,(H,24,26,27)/t14-,15+. The van der Waals surface area contributed by atoms with Crippen LogP contribution in [-0.2, 0) is 4.74 Å². The van der Waals surface area contributed by atoms with Crippen LogP contribution in [0.2, 0.25) is 0 Å². The van der Waals surface area contributed by atoms with Crippen LogP contribution in [-0.4, -0.2) is 47.6 Å². The number of morpholine rings is 1. The van der Waals surface area contributed by atoms with Crippen molar-refractivity contribution in [1.29, 1.82) is 0 Å². The summed E-state index contributed by atoms with van der Waals surface area (Å²) in [7, 11) is 1.63. The second kappa shape index (κ2) is 8.62. The summed E-state index contributed by atoms with van der Waals surface area (Å²) in [5.74, 6) is 1.46. The normalized spacial score (nSPS) is 18.9. The minimum absolute atomic E-state index is 0.0871. The smallest absolute Gasteiger partial charge is 0.165 e. The van der Waals surface area contributed by atoms with Crippen molar-refractivity contribution in [3.63, 3.8) is 0 Å². The fraction of sp³-hybridized carbons (Fsp3) is 0.318. The van der Waals surface area contributed by atoms with Crippen LogP contribution in [0.4, 0.5) is 21.7 Å². The molecule has 1 N–H and O–H groups in total. The van der Waals surface area contributed by atoms with Gasteiger partial charge in [-0.05, 0) is 37.6 Å². The Labute approximate surface area is 174 Å². The number of ether oxygens (including phenoxy) is 2. The molecule has 3 heterocycles. The topological polar surface area (TPSA) is 72.4 Å². The van der Waals surface area contributed by atoms with Gasteiger partial charge in [-0.2, -0.15) is 5.10 Å². The van der Waals surface area contributed by atoms with E-state index in [4.69, 9.17) is 9.47 Å². The van der Waals surface area contributed by atoms with E-state index in [-0.39, 0.29) is 12.2 Å². The van der Waals surface area contributed by atoms with Crippen molar-refractivity contribution in [2.75, 3.05) is 30.4 Å². The molecule has 1 saturated heterocycles. The Morgan fingerprint density at radius 3 is 2.50 bits per heavy atom. The number of aromatic nitrogens is 3. The number of nitrogens with zero attached hydrogens (tertiary/aromatic N) is 4. The van der Waals surface area contributed by atoms with Gasteiger partial charge in [0.15, 0.2) is 11.6 Å². The molecule has 0 unspecified atom stereocenters. The minimum Gasteiger partial charge on any atom is -0.497 e. The summed E-state index contributed by atoms with van der Waals surface area (Å²) in [5.41, 5.74) is 2.12. The van der Waals surface area contributed by atoms with Crippen LogP contribution >= 0.6 is 0 Å². The fourth-order valence-corrected chi connectivity index (χ4v) is 3.57. The molecule has 3 aromatic rings. The van der Waals surface area contributed by atoms with Gasteiger partial charge >= 0.3 is 0 Å². The summed E-state index contributed by atoms with van der Waals surface area (Å²) < 4.78 is 25.4. The molecule has 30 heavy (non-hydrogen) atoms. The van der Waals surface area contributed by atoms with E-state index in [1.165, 1.54) is 6.20 Å². The molecule has 2 atom stereocenters. The van der Waals surface area contributed by atoms with Gasteiger partial charge in [-0.25, -0.2) is 9.37 Å². The van der Waals surface area contributed by atoms with E-state index in [1.54, 1.807) is 19.4 Å². The van der Waals surface area contributed by atoms with E-state index in [1.807, 2.05) is 44.2 Å². The van der Waals surface area contributed by atoms with Crippen LogP contribution in [0, 0.1) is 5.82 Å². The summed E-state index contributed by atoms with van der Waals surface area (Å²) >= 11 is 0. The monoisotopic (exact) mass is 409 g/mol. The van der Waals surface area contributed by atoms with Gasteiger partial charge in [0.1, 0.15) is 11.6 Å². The first-order valence-corrected chi connectivity index (χ1v) is 9.82. The van der Waals surface area contributed by atoms with E-state index >= 15 is 0 Å². The Balaban J connectivity index is 1.56. The third-order valence-electron chi connectivity index (χ3n) is 4.93. The number of benzene rings is 1. The van der Waals surface area contributed by atoms with Crippen LogP contribution in [0.15, 0.2) is 48.8 Å². The fourth-order valence-electron chi connectivity index (χ4n) is 3.57. The molecular weight excluding hydrogens is 385 g/mol. The Bertz CT molecular complexity index is 1000. The molecule has 0 amide bonds. The van der Waals surface area contributed by atoms with Crippen molar-refractivity contribution in [3.8, 4) is 16.9 Å². The highest BCUT2D eigenvalue weighted by atomic mass is 19.1. The minimum atomic E-state index is -0.454. The van der Waals surface area contributed by atoms with Crippen LogP contribution in [0.1, 0.15) is 13.8 Å². The largest absolute Gasteiger partial charge is 0.497 e. The van der Waals surface area contributed by atoms with E-state index in [0.717, 1.165) is 16.9 Å². The lowest BCUT2D eigenvalue weighted by molar-refractivity contribution is -0.00545. The third-order valence-corrected chi connectivity index (χ3v) is 4.93. The van der Waals surface area contributed by atoms with Gasteiger partial charge in [-0.1, -0.05) is 12.1 Å². The average Bonchev–Trinajstić information content (AvgIpc) is 2.75. The summed E-state index contributed by atoms with van der Waals surface area (Å²) in [5, 5.41) is 11.2. The maximum atomic E-state index is 14.5. The quantitative estimate of drug-likeness (QED) is 0.682. The molecule has 1 aromatic carbocycles. The molecule has 7 nitrogen and oxygen atoms in total. The number of nitrogens with one attached hydrogen (secondary N) is 1. The first-order valence-electron chi connectivity index (χ1n) is 9.82. The number of methoxy groups -OCH3 is 1. The number of hydrogen-bond acceptors (Lipinski definition) is 7. The Morgan fingerprint density at radius 2 is 1.80 bits per heavy atom. The van der Waals surface area contributed by atoms with Crippen molar-refractivity contribution in [3.05, 3.63) is 54.6 Å².